The minimum atomic E-state index is -3.06. The normalized spacial score (nSPS) is 11.7. The number of benzene rings is 1. The molecule has 1 aromatic carbocycles. The number of aromatic amines is 1. The first kappa shape index (κ1) is 13.6. The van der Waals surface area contributed by atoms with E-state index >= 15 is 0 Å². The third-order valence-corrected chi connectivity index (χ3v) is 3.87. The summed E-state index contributed by atoms with van der Waals surface area (Å²) in [6.07, 6.45) is 2.98. The summed E-state index contributed by atoms with van der Waals surface area (Å²) in [6, 6.07) is 7.26. The molecule has 2 rings (SSSR count). The zero-order chi connectivity index (χ0) is 14.0. The molecule has 1 amide bonds. The van der Waals surface area contributed by atoms with Gasteiger partial charge in [-0.25, -0.2) is 8.42 Å². The monoisotopic (exact) mass is 280 g/mol. The van der Waals surface area contributed by atoms with E-state index in [0.717, 1.165) is 17.2 Å². The SMILES string of the molecule is CN(CCS(C)(=O)=O)C(=O)c1ccc2[nH]ccc2c1. The molecule has 0 aliphatic carbocycles. The van der Waals surface area contributed by atoms with E-state index in [0.29, 0.717) is 5.56 Å². The van der Waals surface area contributed by atoms with Crippen LogP contribution in [0.25, 0.3) is 10.9 Å². The molecule has 0 aliphatic heterocycles. The number of hydrogen-bond acceptors (Lipinski definition) is 3. The second-order valence-corrected chi connectivity index (χ2v) is 6.90. The number of carbonyl (C=O) groups excluding carboxylic acids is 1. The standard InChI is InChI=1S/C13H16N2O3S/c1-15(7-8-19(2,17)18)13(16)11-3-4-12-10(9-11)5-6-14-12/h3-6,9,14H,7-8H2,1-2H3. The highest BCUT2D eigenvalue weighted by molar-refractivity contribution is 7.90. The zero-order valence-electron chi connectivity index (χ0n) is 10.9. The van der Waals surface area contributed by atoms with E-state index in [-0.39, 0.29) is 18.2 Å². The lowest BCUT2D eigenvalue weighted by Gasteiger charge is -2.16. The van der Waals surface area contributed by atoms with Crippen molar-refractivity contribution >= 4 is 26.6 Å². The first-order chi connectivity index (χ1) is 8.87. The quantitative estimate of drug-likeness (QED) is 0.917. The van der Waals surface area contributed by atoms with Gasteiger partial charge in [0.2, 0.25) is 0 Å². The van der Waals surface area contributed by atoms with Crippen molar-refractivity contribution in [1.82, 2.24) is 9.88 Å². The Morgan fingerprint density at radius 2 is 2.05 bits per heavy atom. The van der Waals surface area contributed by atoms with Gasteiger partial charge >= 0.3 is 0 Å². The molecule has 1 aromatic heterocycles. The molecule has 6 heteroatoms. The second-order valence-electron chi connectivity index (χ2n) is 4.64. The van der Waals surface area contributed by atoms with Crippen molar-refractivity contribution in [3.8, 4) is 0 Å². The Kier molecular flexibility index (Phi) is 3.61. The van der Waals surface area contributed by atoms with Crippen molar-refractivity contribution in [2.24, 2.45) is 0 Å². The van der Waals surface area contributed by atoms with Crippen LogP contribution in [0.5, 0.6) is 0 Å². The first-order valence-corrected chi connectivity index (χ1v) is 7.93. The number of nitrogens with zero attached hydrogens (tertiary/aromatic N) is 1. The average molecular weight is 280 g/mol. The van der Waals surface area contributed by atoms with Crippen LogP contribution in [-0.4, -0.2) is 49.8 Å². The minimum Gasteiger partial charge on any atom is -0.361 e. The molecule has 0 bridgehead atoms. The van der Waals surface area contributed by atoms with Crippen LogP contribution in [0.15, 0.2) is 30.5 Å². The highest BCUT2D eigenvalue weighted by Gasteiger charge is 2.14. The summed E-state index contributed by atoms with van der Waals surface area (Å²) < 4.78 is 22.2. The average Bonchev–Trinajstić information content (AvgIpc) is 2.81. The summed E-state index contributed by atoms with van der Waals surface area (Å²) in [4.78, 5) is 16.6. The van der Waals surface area contributed by atoms with Gasteiger partial charge < -0.3 is 9.88 Å². The topological polar surface area (TPSA) is 70.2 Å². The lowest BCUT2D eigenvalue weighted by Crippen LogP contribution is -2.31. The van der Waals surface area contributed by atoms with Crippen molar-refractivity contribution in [2.75, 3.05) is 25.6 Å². The van der Waals surface area contributed by atoms with E-state index in [2.05, 4.69) is 4.98 Å². The summed E-state index contributed by atoms with van der Waals surface area (Å²) >= 11 is 0. The van der Waals surface area contributed by atoms with Gasteiger partial charge in [0.05, 0.1) is 5.75 Å². The maximum atomic E-state index is 12.1. The van der Waals surface area contributed by atoms with Gasteiger partial charge in [0.15, 0.2) is 0 Å². The first-order valence-electron chi connectivity index (χ1n) is 5.87. The van der Waals surface area contributed by atoms with Crippen molar-refractivity contribution in [2.45, 2.75) is 0 Å². The third kappa shape index (κ3) is 3.35. The van der Waals surface area contributed by atoms with E-state index in [9.17, 15) is 13.2 Å². The molecular weight excluding hydrogens is 264 g/mol. The Morgan fingerprint density at radius 1 is 1.32 bits per heavy atom. The highest BCUT2D eigenvalue weighted by Crippen LogP contribution is 2.15. The van der Waals surface area contributed by atoms with Crippen molar-refractivity contribution < 1.29 is 13.2 Å². The maximum absolute atomic E-state index is 12.1. The van der Waals surface area contributed by atoms with E-state index in [1.165, 1.54) is 4.90 Å². The molecule has 0 saturated heterocycles. The number of fused-ring (bicyclic) bond motifs is 1. The fraction of sp³-hybridized carbons (Fsp3) is 0.308. The summed E-state index contributed by atoms with van der Waals surface area (Å²) in [5.41, 5.74) is 1.53. The van der Waals surface area contributed by atoms with Crippen LogP contribution >= 0.6 is 0 Å². The number of sulfone groups is 1. The van der Waals surface area contributed by atoms with Crippen LogP contribution < -0.4 is 0 Å². The molecule has 19 heavy (non-hydrogen) atoms. The zero-order valence-corrected chi connectivity index (χ0v) is 11.7. The van der Waals surface area contributed by atoms with Crippen LogP contribution in [0, 0.1) is 0 Å². The van der Waals surface area contributed by atoms with Crippen molar-refractivity contribution in [3.63, 3.8) is 0 Å². The smallest absolute Gasteiger partial charge is 0.253 e. The van der Waals surface area contributed by atoms with Gasteiger partial charge in [-0.2, -0.15) is 0 Å². The van der Waals surface area contributed by atoms with Crippen LogP contribution in [0.4, 0.5) is 0 Å². The van der Waals surface area contributed by atoms with E-state index in [1.54, 1.807) is 19.2 Å². The maximum Gasteiger partial charge on any atom is 0.253 e. The predicted molar refractivity (Wildman–Crippen MR) is 75.0 cm³/mol. The molecule has 1 N–H and O–H groups in total. The number of hydrogen-bond donors (Lipinski definition) is 1. The number of carbonyl (C=O) groups is 1. The number of rotatable bonds is 4. The Labute approximate surface area is 112 Å². The molecule has 0 saturated carbocycles. The molecular formula is C13H16N2O3S. The van der Waals surface area contributed by atoms with Gasteiger partial charge in [0.1, 0.15) is 9.84 Å². The highest BCUT2D eigenvalue weighted by atomic mass is 32.2. The number of aromatic nitrogens is 1. The van der Waals surface area contributed by atoms with E-state index in [1.807, 2.05) is 18.3 Å². The van der Waals surface area contributed by atoms with Gasteiger partial charge in [-0.05, 0) is 24.3 Å². The van der Waals surface area contributed by atoms with Crippen molar-refractivity contribution in [1.29, 1.82) is 0 Å². The third-order valence-electron chi connectivity index (χ3n) is 2.94. The van der Waals surface area contributed by atoms with Crippen molar-refractivity contribution in [3.05, 3.63) is 36.0 Å². The largest absolute Gasteiger partial charge is 0.361 e. The van der Waals surface area contributed by atoms with Gasteiger partial charge in [0.25, 0.3) is 5.91 Å². The lowest BCUT2D eigenvalue weighted by atomic mass is 10.1. The fourth-order valence-electron chi connectivity index (χ4n) is 1.81. The molecule has 0 radical (unpaired) electrons. The number of amides is 1. The predicted octanol–water partition coefficient (Wildman–Crippen LogP) is 1.28. The fourth-order valence-corrected chi connectivity index (χ4v) is 2.42. The molecule has 0 fully saturated rings. The van der Waals surface area contributed by atoms with Crippen LogP contribution in [0.2, 0.25) is 0 Å². The van der Waals surface area contributed by atoms with Gasteiger partial charge in [-0.3, -0.25) is 4.79 Å². The van der Waals surface area contributed by atoms with Gasteiger partial charge in [-0.1, -0.05) is 0 Å². The Hall–Kier alpha value is -1.82. The molecule has 0 spiro atoms. The van der Waals surface area contributed by atoms with E-state index in [4.69, 9.17) is 0 Å². The molecule has 0 aliphatic rings. The molecule has 5 nitrogen and oxygen atoms in total. The summed E-state index contributed by atoms with van der Waals surface area (Å²) in [7, 11) is -1.45. The minimum absolute atomic E-state index is 0.0262. The number of H-pyrrole nitrogens is 1. The lowest BCUT2D eigenvalue weighted by molar-refractivity contribution is 0.0803. The van der Waals surface area contributed by atoms with E-state index < -0.39 is 9.84 Å². The second kappa shape index (κ2) is 5.05. The van der Waals surface area contributed by atoms with Crippen LogP contribution in [-0.2, 0) is 9.84 Å². The summed E-state index contributed by atoms with van der Waals surface area (Å²) in [6.45, 7) is 0.197. The molecule has 2 aromatic rings. The molecule has 0 unspecified atom stereocenters. The van der Waals surface area contributed by atoms with Crippen LogP contribution in [0.1, 0.15) is 10.4 Å². The molecule has 102 valence electrons. The summed E-state index contributed by atoms with van der Waals surface area (Å²) in [5, 5.41) is 0.961. The van der Waals surface area contributed by atoms with Crippen LogP contribution in [0.3, 0.4) is 0 Å². The summed E-state index contributed by atoms with van der Waals surface area (Å²) in [5.74, 6) is -0.200. The van der Waals surface area contributed by atoms with Gasteiger partial charge in [0, 0.05) is 42.5 Å². The number of nitrogens with one attached hydrogen (secondary N) is 1. The Bertz CT molecular complexity index is 704. The van der Waals surface area contributed by atoms with Gasteiger partial charge in [-0.15, -0.1) is 0 Å². The molecule has 1 heterocycles. The Morgan fingerprint density at radius 3 is 2.74 bits per heavy atom. The molecule has 0 atom stereocenters. The Balaban J connectivity index is 2.14.